The topological polar surface area (TPSA) is 35.2 Å². The van der Waals surface area contributed by atoms with Gasteiger partial charge in [-0.25, -0.2) is 4.39 Å². The average molecular weight is 239 g/mol. The van der Waals surface area contributed by atoms with E-state index in [1.807, 2.05) is 0 Å². The van der Waals surface area contributed by atoms with Gasteiger partial charge in [-0.3, -0.25) is 0 Å². The van der Waals surface area contributed by atoms with E-state index in [1.54, 1.807) is 12.1 Å². The van der Waals surface area contributed by atoms with Crippen molar-refractivity contribution >= 4 is 0 Å². The third kappa shape index (κ3) is 4.84. The summed E-state index contributed by atoms with van der Waals surface area (Å²) in [6.45, 7) is 5.86. The quantitative estimate of drug-likeness (QED) is 0.792. The fourth-order valence-electron chi connectivity index (χ4n) is 1.83. The Morgan fingerprint density at radius 2 is 2.18 bits per heavy atom. The molecular weight excluding hydrogens is 217 g/mol. The Hall–Kier alpha value is -0.930. The number of rotatable bonds is 7. The van der Waals surface area contributed by atoms with E-state index in [0.717, 1.165) is 12.2 Å². The zero-order chi connectivity index (χ0) is 12.7. The van der Waals surface area contributed by atoms with Crippen LogP contribution in [-0.4, -0.2) is 6.61 Å². The second-order valence-corrected chi connectivity index (χ2v) is 4.54. The summed E-state index contributed by atoms with van der Waals surface area (Å²) in [7, 11) is 0. The summed E-state index contributed by atoms with van der Waals surface area (Å²) in [6, 6.07) is 4.98. The Balaban J connectivity index is 2.41. The Bertz CT molecular complexity index is 341. The Morgan fingerprint density at radius 3 is 2.82 bits per heavy atom. The van der Waals surface area contributed by atoms with Crippen LogP contribution in [0.25, 0.3) is 0 Å². The maximum absolute atomic E-state index is 13.2. The summed E-state index contributed by atoms with van der Waals surface area (Å²) in [4.78, 5) is 0. The Labute approximate surface area is 103 Å². The molecule has 1 aromatic carbocycles. The van der Waals surface area contributed by atoms with Crippen LogP contribution in [-0.2, 0) is 17.9 Å². The van der Waals surface area contributed by atoms with Gasteiger partial charge in [-0.1, -0.05) is 26.3 Å². The zero-order valence-electron chi connectivity index (χ0n) is 10.7. The molecule has 0 aliphatic carbocycles. The number of nitrogens with two attached hydrogens (primary N) is 1. The maximum Gasteiger partial charge on any atom is 0.127 e. The first-order valence-electron chi connectivity index (χ1n) is 6.22. The highest BCUT2D eigenvalue weighted by molar-refractivity contribution is 5.24. The molecule has 0 fully saturated rings. The third-order valence-corrected chi connectivity index (χ3v) is 2.78. The minimum Gasteiger partial charge on any atom is -0.376 e. The summed E-state index contributed by atoms with van der Waals surface area (Å²) in [5.74, 6) is 0.338. The summed E-state index contributed by atoms with van der Waals surface area (Å²) < 4.78 is 18.8. The molecule has 0 amide bonds. The van der Waals surface area contributed by atoms with E-state index in [-0.39, 0.29) is 12.4 Å². The Kier molecular flexibility index (Phi) is 6.16. The summed E-state index contributed by atoms with van der Waals surface area (Å²) in [5, 5.41) is 0. The van der Waals surface area contributed by atoms with Gasteiger partial charge >= 0.3 is 0 Å². The molecule has 0 saturated heterocycles. The van der Waals surface area contributed by atoms with E-state index in [1.165, 1.54) is 18.9 Å². The van der Waals surface area contributed by atoms with Crippen LogP contribution in [0.5, 0.6) is 0 Å². The number of benzene rings is 1. The molecule has 0 aromatic heterocycles. The van der Waals surface area contributed by atoms with Gasteiger partial charge in [-0.15, -0.1) is 0 Å². The lowest BCUT2D eigenvalue weighted by Gasteiger charge is -2.11. The molecular formula is C14H22FNO. The molecule has 0 saturated carbocycles. The molecule has 0 aliphatic heterocycles. The molecule has 0 bridgehead atoms. The number of hydrogen-bond donors (Lipinski definition) is 1. The van der Waals surface area contributed by atoms with Crippen LogP contribution in [0.1, 0.15) is 37.8 Å². The first-order chi connectivity index (χ1) is 8.17. The standard InChI is InChI=1S/C14H22FNO/c1-3-4-11(2)9-17-10-12-5-6-14(15)13(7-12)8-16/h5-7,11H,3-4,8-10,16H2,1-2H3. The molecule has 0 heterocycles. The molecule has 1 rings (SSSR count). The fraction of sp³-hybridized carbons (Fsp3) is 0.571. The van der Waals surface area contributed by atoms with Crippen LogP contribution in [0, 0.1) is 11.7 Å². The van der Waals surface area contributed by atoms with Crippen LogP contribution in [0.3, 0.4) is 0 Å². The SMILES string of the molecule is CCCC(C)COCc1ccc(F)c(CN)c1. The molecule has 0 aliphatic rings. The van der Waals surface area contributed by atoms with Gasteiger partial charge in [0.05, 0.1) is 6.61 Å². The van der Waals surface area contributed by atoms with Crippen LogP contribution in [0.15, 0.2) is 18.2 Å². The molecule has 1 aromatic rings. The summed E-state index contributed by atoms with van der Waals surface area (Å²) in [5.41, 5.74) is 6.99. The van der Waals surface area contributed by atoms with Gasteiger partial charge in [-0.05, 0) is 30.0 Å². The highest BCUT2D eigenvalue weighted by Gasteiger charge is 2.04. The second-order valence-electron chi connectivity index (χ2n) is 4.54. The van der Waals surface area contributed by atoms with Crippen molar-refractivity contribution in [3.8, 4) is 0 Å². The first kappa shape index (κ1) is 14.1. The van der Waals surface area contributed by atoms with E-state index in [4.69, 9.17) is 10.5 Å². The molecule has 2 nitrogen and oxygen atoms in total. The summed E-state index contributed by atoms with van der Waals surface area (Å²) >= 11 is 0. The van der Waals surface area contributed by atoms with Crippen LogP contribution < -0.4 is 5.73 Å². The average Bonchev–Trinajstić information content (AvgIpc) is 2.31. The Morgan fingerprint density at radius 1 is 1.41 bits per heavy atom. The van der Waals surface area contributed by atoms with Crippen molar-refractivity contribution in [2.75, 3.05) is 6.61 Å². The maximum atomic E-state index is 13.2. The minimum absolute atomic E-state index is 0.228. The highest BCUT2D eigenvalue weighted by Crippen LogP contribution is 2.12. The smallest absolute Gasteiger partial charge is 0.127 e. The lowest BCUT2D eigenvalue weighted by atomic mass is 10.1. The van der Waals surface area contributed by atoms with E-state index in [2.05, 4.69) is 13.8 Å². The summed E-state index contributed by atoms with van der Waals surface area (Å²) in [6.07, 6.45) is 2.36. The number of hydrogen-bond acceptors (Lipinski definition) is 2. The molecule has 2 N–H and O–H groups in total. The normalized spacial score (nSPS) is 12.7. The van der Waals surface area contributed by atoms with Gasteiger partial charge in [-0.2, -0.15) is 0 Å². The van der Waals surface area contributed by atoms with E-state index < -0.39 is 0 Å². The zero-order valence-corrected chi connectivity index (χ0v) is 10.7. The molecule has 0 spiro atoms. The van der Waals surface area contributed by atoms with Crippen molar-refractivity contribution in [2.45, 2.75) is 39.8 Å². The van der Waals surface area contributed by atoms with Crippen molar-refractivity contribution in [1.82, 2.24) is 0 Å². The number of halogens is 1. The van der Waals surface area contributed by atoms with E-state index >= 15 is 0 Å². The monoisotopic (exact) mass is 239 g/mol. The highest BCUT2D eigenvalue weighted by atomic mass is 19.1. The van der Waals surface area contributed by atoms with Crippen molar-refractivity contribution in [3.05, 3.63) is 35.1 Å². The molecule has 1 unspecified atom stereocenters. The van der Waals surface area contributed by atoms with Crippen LogP contribution >= 0.6 is 0 Å². The van der Waals surface area contributed by atoms with Crippen molar-refractivity contribution in [1.29, 1.82) is 0 Å². The first-order valence-corrected chi connectivity index (χ1v) is 6.22. The molecule has 96 valence electrons. The lowest BCUT2D eigenvalue weighted by molar-refractivity contribution is 0.0893. The van der Waals surface area contributed by atoms with Gasteiger partial charge in [0.2, 0.25) is 0 Å². The van der Waals surface area contributed by atoms with Gasteiger partial charge < -0.3 is 10.5 Å². The number of ether oxygens (including phenoxy) is 1. The van der Waals surface area contributed by atoms with Gasteiger partial charge in [0.15, 0.2) is 0 Å². The van der Waals surface area contributed by atoms with Gasteiger partial charge in [0.25, 0.3) is 0 Å². The molecule has 1 atom stereocenters. The fourth-order valence-corrected chi connectivity index (χ4v) is 1.83. The predicted octanol–water partition coefficient (Wildman–Crippen LogP) is 3.24. The van der Waals surface area contributed by atoms with Crippen molar-refractivity contribution in [3.63, 3.8) is 0 Å². The van der Waals surface area contributed by atoms with Crippen molar-refractivity contribution in [2.24, 2.45) is 11.7 Å². The predicted molar refractivity (Wildman–Crippen MR) is 68.0 cm³/mol. The van der Waals surface area contributed by atoms with E-state index in [0.29, 0.717) is 18.1 Å². The second kappa shape index (κ2) is 7.41. The molecule has 17 heavy (non-hydrogen) atoms. The molecule has 3 heteroatoms. The van der Waals surface area contributed by atoms with Crippen molar-refractivity contribution < 1.29 is 9.13 Å². The lowest BCUT2D eigenvalue weighted by Crippen LogP contribution is -2.06. The van der Waals surface area contributed by atoms with E-state index in [9.17, 15) is 4.39 Å². The molecule has 0 radical (unpaired) electrons. The largest absolute Gasteiger partial charge is 0.376 e. The minimum atomic E-state index is -0.240. The van der Waals surface area contributed by atoms with Crippen LogP contribution in [0.4, 0.5) is 4.39 Å². The van der Waals surface area contributed by atoms with Gasteiger partial charge in [0.1, 0.15) is 5.82 Å². The van der Waals surface area contributed by atoms with Crippen LogP contribution in [0.2, 0.25) is 0 Å². The van der Waals surface area contributed by atoms with Gasteiger partial charge in [0, 0.05) is 18.7 Å². The third-order valence-electron chi connectivity index (χ3n) is 2.78.